The van der Waals surface area contributed by atoms with Crippen LogP contribution in [0.1, 0.15) is 37.6 Å². The van der Waals surface area contributed by atoms with Gasteiger partial charge in [0.25, 0.3) is 5.91 Å². The van der Waals surface area contributed by atoms with Crippen LogP contribution in [0.4, 0.5) is 4.39 Å². The van der Waals surface area contributed by atoms with E-state index in [0.29, 0.717) is 23.9 Å². The molecule has 0 aliphatic carbocycles. The van der Waals surface area contributed by atoms with Crippen LogP contribution in [-0.2, 0) is 0 Å². The summed E-state index contributed by atoms with van der Waals surface area (Å²) < 4.78 is 13.7. The summed E-state index contributed by atoms with van der Waals surface area (Å²) in [5.74, 6) is -0.823. The van der Waals surface area contributed by atoms with Crippen molar-refractivity contribution in [1.82, 2.24) is 10.3 Å². The smallest absolute Gasteiger partial charge is 0.253 e. The molecule has 1 aromatic carbocycles. The number of carbonyl (C=O) groups excluding carboxylic acids is 1. The number of carbonyl (C=O) groups is 1. The lowest BCUT2D eigenvalue weighted by molar-refractivity contribution is 0.0903. The topological polar surface area (TPSA) is 62.2 Å². The Morgan fingerprint density at radius 1 is 1.45 bits per heavy atom. The normalized spacial score (nSPS) is 13.1. The lowest BCUT2D eigenvalue weighted by atomic mass is 9.87. The number of benzene rings is 1. The van der Waals surface area contributed by atoms with Crippen molar-refractivity contribution in [3.05, 3.63) is 41.8 Å². The Morgan fingerprint density at radius 2 is 2.18 bits per heavy atom. The van der Waals surface area contributed by atoms with Crippen molar-refractivity contribution in [3.63, 3.8) is 0 Å². The maximum absolute atomic E-state index is 13.7. The molecule has 1 aromatic heterocycles. The number of aliphatic hydroxyl groups is 1. The quantitative estimate of drug-likeness (QED) is 0.893. The summed E-state index contributed by atoms with van der Waals surface area (Å²) in [4.78, 5) is 16.5. The Balaban J connectivity index is 2.20. The van der Waals surface area contributed by atoms with Crippen molar-refractivity contribution in [2.45, 2.75) is 33.3 Å². The molecule has 0 bridgehead atoms. The van der Waals surface area contributed by atoms with Gasteiger partial charge >= 0.3 is 0 Å². The van der Waals surface area contributed by atoms with E-state index in [1.54, 1.807) is 25.3 Å². The SMILES string of the molecule is CC(O)CC(C)(C)CNC(=O)c1cc(F)cc2cccnc12. The lowest BCUT2D eigenvalue weighted by Crippen LogP contribution is -2.35. The molecule has 5 heteroatoms. The maximum atomic E-state index is 13.7. The minimum Gasteiger partial charge on any atom is -0.393 e. The highest BCUT2D eigenvalue weighted by Crippen LogP contribution is 2.22. The summed E-state index contributed by atoms with van der Waals surface area (Å²) in [6.45, 7) is 6.03. The molecule has 1 amide bonds. The van der Waals surface area contributed by atoms with Crippen LogP contribution in [0.15, 0.2) is 30.5 Å². The van der Waals surface area contributed by atoms with Gasteiger partial charge in [0, 0.05) is 18.1 Å². The molecule has 2 aromatic rings. The predicted octanol–water partition coefficient (Wildman–Crippen LogP) is 2.90. The molecular weight excluding hydrogens is 283 g/mol. The Bertz CT molecular complexity index is 683. The van der Waals surface area contributed by atoms with E-state index in [9.17, 15) is 14.3 Å². The standard InChI is InChI=1S/C17H21FN2O2/c1-11(21)9-17(2,3)10-20-16(22)14-8-13(18)7-12-5-4-6-19-15(12)14/h4-8,11,21H,9-10H2,1-3H3,(H,20,22). The first-order chi connectivity index (χ1) is 10.3. The van der Waals surface area contributed by atoms with Crippen LogP contribution in [0, 0.1) is 11.2 Å². The summed E-state index contributed by atoms with van der Waals surface area (Å²) in [7, 11) is 0. The highest BCUT2D eigenvalue weighted by Gasteiger charge is 2.22. The van der Waals surface area contributed by atoms with Crippen LogP contribution in [0.3, 0.4) is 0 Å². The predicted molar refractivity (Wildman–Crippen MR) is 84.1 cm³/mol. The van der Waals surface area contributed by atoms with Crippen LogP contribution in [0.5, 0.6) is 0 Å². The van der Waals surface area contributed by atoms with Gasteiger partial charge in [-0.25, -0.2) is 4.39 Å². The van der Waals surface area contributed by atoms with Crippen molar-refractivity contribution in [3.8, 4) is 0 Å². The summed E-state index contributed by atoms with van der Waals surface area (Å²) in [5.41, 5.74) is 0.457. The largest absolute Gasteiger partial charge is 0.393 e. The Kier molecular flexibility index (Phi) is 4.76. The summed E-state index contributed by atoms with van der Waals surface area (Å²) in [6.07, 6.45) is 1.70. The zero-order valence-corrected chi connectivity index (χ0v) is 13.1. The van der Waals surface area contributed by atoms with Gasteiger partial charge in [-0.3, -0.25) is 9.78 Å². The van der Waals surface area contributed by atoms with Crippen LogP contribution < -0.4 is 5.32 Å². The van der Waals surface area contributed by atoms with Crippen LogP contribution in [0.2, 0.25) is 0 Å². The first-order valence-electron chi connectivity index (χ1n) is 7.29. The zero-order chi connectivity index (χ0) is 16.3. The summed E-state index contributed by atoms with van der Waals surface area (Å²) >= 11 is 0. The third-order valence-corrected chi connectivity index (χ3v) is 3.49. The molecule has 2 N–H and O–H groups in total. The number of nitrogens with zero attached hydrogens (tertiary/aromatic N) is 1. The molecule has 0 spiro atoms. The minimum atomic E-state index is -0.464. The van der Waals surface area contributed by atoms with E-state index in [-0.39, 0.29) is 16.9 Å². The van der Waals surface area contributed by atoms with E-state index in [1.165, 1.54) is 12.1 Å². The fraction of sp³-hybridized carbons (Fsp3) is 0.412. The molecule has 0 radical (unpaired) electrons. The molecule has 1 unspecified atom stereocenters. The first kappa shape index (κ1) is 16.4. The van der Waals surface area contributed by atoms with Gasteiger partial charge in [0.05, 0.1) is 17.2 Å². The number of rotatable bonds is 5. The van der Waals surface area contributed by atoms with Gasteiger partial charge in [-0.1, -0.05) is 19.9 Å². The molecule has 0 aliphatic heterocycles. The molecule has 1 heterocycles. The van der Waals surface area contributed by atoms with Gasteiger partial charge in [0.2, 0.25) is 0 Å². The van der Waals surface area contributed by atoms with Crippen molar-refractivity contribution in [1.29, 1.82) is 0 Å². The number of amides is 1. The number of nitrogens with one attached hydrogen (secondary N) is 1. The van der Waals surface area contributed by atoms with Crippen molar-refractivity contribution in [2.75, 3.05) is 6.54 Å². The highest BCUT2D eigenvalue weighted by molar-refractivity contribution is 6.05. The van der Waals surface area contributed by atoms with E-state index in [1.807, 2.05) is 13.8 Å². The molecule has 22 heavy (non-hydrogen) atoms. The second-order valence-electron chi connectivity index (χ2n) is 6.43. The van der Waals surface area contributed by atoms with Gasteiger partial charge in [0.1, 0.15) is 5.82 Å². The lowest BCUT2D eigenvalue weighted by Gasteiger charge is -2.26. The number of pyridine rings is 1. The Morgan fingerprint density at radius 3 is 2.86 bits per heavy atom. The van der Waals surface area contributed by atoms with Gasteiger partial charge in [-0.2, -0.15) is 0 Å². The molecule has 0 saturated heterocycles. The molecule has 118 valence electrons. The molecule has 4 nitrogen and oxygen atoms in total. The van der Waals surface area contributed by atoms with E-state index < -0.39 is 11.9 Å². The van der Waals surface area contributed by atoms with Crippen molar-refractivity contribution >= 4 is 16.8 Å². The summed E-state index contributed by atoms with van der Waals surface area (Å²) in [6, 6.07) is 5.98. The fourth-order valence-electron chi connectivity index (χ4n) is 2.62. The second kappa shape index (κ2) is 6.40. The Hall–Kier alpha value is -2.01. The maximum Gasteiger partial charge on any atom is 0.253 e. The number of aromatic nitrogens is 1. The minimum absolute atomic E-state index is 0.225. The highest BCUT2D eigenvalue weighted by atomic mass is 19.1. The molecule has 0 saturated carbocycles. The van der Waals surface area contributed by atoms with Crippen LogP contribution in [0.25, 0.3) is 10.9 Å². The second-order valence-corrected chi connectivity index (χ2v) is 6.43. The zero-order valence-electron chi connectivity index (χ0n) is 13.1. The van der Waals surface area contributed by atoms with Gasteiger partial charge in [-0.05, 0) is 37.0 Å². The van der Waals surface area contributed by atoms with Gasteiger partial charge < -0.3 is 10.4 Å². The third kappa shape index (κ3) is 4.01. The Labute approximate surface area is 129 Å². The number of halogens is 1. The molecule has 0 fully saturated rings. The van der Waals surface area contributed by atoms with Crippen LogP contribution >= 0.6 is 0 Å². The van der Waals surface area contributed by atoms with Gasteiger partial charge in [0.15, 0.2) is 0 Å². The number of hydrogen-bond acceptors (Lipinski definition) is 3. The molecule has 2 rings (SSSR count). The van der Waals surface area contributed by atoms with Crippen LogP contribution in [-0.4, -0.2) is 28.6 Å². The monoisotopic (exact) mass is 304 g/mol. The van der Waals surface area contributed by atoms with Crippen molar-refractivity contribution < 1.29 is 14.3 Å². The number of hydrogen-bond donors (Lipinski definition) is 2. The van der Waals surface area contributed by atoms with E-state index >= 15 is 0 Å². The molecule has 1 atom stereocenters. The summed E-state index contributed by atoms with van der Waals surface area (Å²) in [5, 5.41) is 12.9. The average Bonchev–Trinajstić information content (AvgIpc) is 2.42. The van der Waals surface area contributed by atoms with Crippen molar-refractivity contribution in [2.24, 2.45) is 5.41 Å². The van der Waals surface area contributed by atoms with Gasteiger partial charge in [-0.15, -0.1) is 0 Å². The van der Waals surface area contributed by atoms with E-state index in [4.69, 9.17) is 0 Å². The third-order valence-electron chi connectivity index (χ3n) is 3.49. The van der Waals surface area contributed by atoms with E-state index in [0.717, 1.165) is 0 Å². The first-order valence-corrected chi connectivity index (χ1v) is 7.29. The molecule has 0 aliphatic rings. The average molecular weight is 304 g/mol. The fourth-order valence-corrected chi connectivity index (χ4v) is 2.62. The number of aliphatic hydroxyl groups excluding tert-OH is 1. The molecular formula is C17H21FN2O2. The van der Waals surface area contributed by atoms with E-state index in [2.05, 4.69) is 10.3 Å². The number of fused-ring (bicyclic) bond motifs is 1.